The van der Waals surface area contributed by atoms with E-state index in [-0.39, 0.29) is 0 Å². The van der Waals surface area contributed by atoms with Crippen molar-refractivity contribution in [2.24, 2.45) is 0 Å². The van der Waals surface area contributed by atoms with E-state index in [1.54, 1.807) is 37.4 Å². The van der Waals surface area contributed by atoms with E-state index < -0.39 is 5.97 Å². The molecule has 0 atom stereocenters. The Morgan fingerprint density at radius 1 is 0.909 bits per heavy atom. The van der Waals surface area contributed by atoms with Crippen LogP contribution >= 0.6 is 15.9 Å². The smallest absolute Gasteiger partial charge is 0.343 e. The average molecular weight is 357 g/mol. The first kappa shape index (κ1) is 14.6. The molecular formula is C18H13BrO3. The van der Waals surface area contributed by atoms with Crippen LogP contribution in [0.2, 0.25) is 0 Å². The minimum absolute atomic E-state index is 0.407. The molecule has 0 spiro atoms. The van der Waals surface area contributed by atoms with Crippen LogP contribution < -0.4 is 9.47 Å². The van der Waals surface area contributed by atoms with Gasteiger partial charge < -0.3 is 9.47 Å². The van der Waals surface area contributed by atoms with Gasteiger partial charge in [-0.05, 0) is 53.2 Å². The Bertz CT molecular complexity index is 843. The SMILES string of the molecule is COc1cccc(C(=O)Oc2ccc3cc(Br)ccc3c2)c1. The van der Waals surface area contributed by atoms with Gasteiger partial charge in [0.2, 0.25) is 0 Å². The molecule has 0 radical (unpaired) electrons. The molecule has 0 unspecified atom stereocenters. The van der Waals surface area contributed by atoms with Crippen molar-refractivity contribution in [1.82, 2.24) is 0 Å². The molecule has 0 saturated heterocycles. The second-order valence-electron chi connectivity index (χ2n) is 4.77. The summed E-state index contributed by atoms with van der Waals surface area (Å²) in [6.07, 6.45) is 0. The summed E-state index contributed by atoms with van der Waals surface area (Å²) in [5.41, 5.74) is 0.454. The van der Waals surface area contributed by atoms with Crippen LogP contribution in [-0.2, 0) is 0 Å². The molecule has 0 aliphatic carbocycles. The quantitative estimate of drug-likeness (QED) is 0.498. The highest BCUT2D eigenvalue weighted by Gasteiger charge is 2.10. The van der Waals surface area contributed by atoms with Crippen molar-refractivity contribution >= 4 is 32.7 Å². The maximum absolute atomic E-state index is 12.2. The zero-order chi connectivity index (χ0) is 15.5. The summed E-state index contributed by atoms with van der Waals surface area (Å²) in [7, 11) is 1.56. The molecule has 3 aromatic rings. The standard InChI is InChI=1S/C18H13BrO3/c1-21-16-4-2-3-14(11-16)18(20)22-17-8-6-12-9-15(19)7-5-13(12)10-17/h2-11H,1H3. The van der Waals surface area contributed by atoms with Crippen LogP contribution in [0, 0.1) is 0 Å². The van der Waals surface area contributed by atoms with E-state index in [1.807, 2.05) is 30.3 Å². The molecule has 0 amide bonds. The summed E-state index contributed by atoms with van der Waals surface area (Å²) in [4.78, 5) is 12.2. The first-order chi connectivity index (χ1) is 10.7. The third-order valence-corrected chi connectivity index (χ3v) is 3.78. The van der Waals surface area contributed by atoms with E-state index in [2.05, 4.69) is 15.9 Å². The van der Waals surface area contributed by atoms with Gasteiger partial charge in [-0.2, -0.15) is 0 Å². The third-order valence-electron chi connectivity index (χ3n) is 3.29. The summed E-state index contributed by atoms with van der Waals surface area (Å²) in [6.45, 7) is 0. The molecule has 110 valence electrons. The number of rotatable bonds is 3. The van der Waals surface area contributed by atoms with E-state index in [1.165, 1.54) is 0 Å². The third kappa shape index (κ3) is 3.12. The lowest BCUT2D eigenvalue weighted by molar-refractivity contribution is 0.0734. The van der Waals surface area contributed by atoms with Gasteiger partial charge in [-0.25, -0.2) is 4.79 Å². The molecule has 3 aromatic carbocycles. The summed E-state index contributed by atoms with van der Waals surface area (Å²) in [5.74, 6) is 0.732. The highest BCUT2D eigenvalue weighted by atomic mass is 79.9. The van der Waals surface area contributed by atoms with E-state index in [4.69, 9.17) is 9.47 Å². The van der Waals surface area contributed by atoms with Gasteiger partial charge in [-0.1, -0.05) is 34.1 Å². The summed E-state index contributed by atoms with van der Waals surface area (Å²) in [6, 6.07) is 18.4. The van der Waals surface area contributed by atoms with Crippen molar-refractivity contribution in [2.45, 2.75) is 0 Å². The van der Waals surface area contributed by atoms with Crippen molar-refractivity contribution < 1.29 is 14.3 Å². The summed E-state index contributed by atoms with van der Waals surface area (Å²) in [5, 5.41) is 2.09. The fourth-order valence-corrected chi connectivity index (χ4v) is 2.55. The molecule has 0 fully saturated rings. The molecule has 3 rings (SSSR count). The fourth-order valence-electron chi connectivity index (χ4n) is 2.17. The number of ether oxygens (including phenoxy) is 2. The minimum Gasteiger partial charge on any atom is -0.497 e. The van der Waals surface area contributed by atoms with Crippen molar-refractivity contribution in [3.05, 3.63) is 70.7 Å². The number of benzene rings is 3. The molecule has 0 N–H and O–H groups in total. The van der Waals surface area contributed by atoms with Crippen LogP contribution in [0.25, 0.3) is 10.8 Å². The molecule has 22 heavy (non-hydrogen) atoms. The normalized spacial score (nSPS) is 10.5. The lowest BCUT2D eigenvalue weighted by Crippen LogP contribution is -2.08. The highest BCUT2D eigenvalue weighted by molar-refractivity contribution is 9.10. The molecule has 0 aliphatic rings. The molecule has 0 aromatic heterocycles. The molecule has 0 aliphatic heterocycles. The lowest BCUT2D eigenvalue weighted by Gasteiger charge is -2.07. The second-order valence-corrected chi connectivity index (χ2v) is 5.69. The van der Waals surface area contributed by atoms with Gasteiger partial charge in [-0.15, -0.1) is 0 Å². The summed E-state index contributed by atoms with van der Waals surface area (Å²) < 4.78 is 11.6. The minimum atomic E-state index is -0.407. The van der Waals surface area contributed by atoms with Gasteiger partial charge in [0.1, 0.15) is 11.5 Å². The van der Waals surface area contributed by atoms with Crippen LogP contribution in [-0.4, -0.2) is 13.1 Å². The molecule has 0 heterocycles. The molecule has 0 bridgehead atoms. The highest BCUT2D eigenvalue weighted by Crippen LogP contribution is 2.25. The largest absolute Gasteiger partial charge is 0.497 e. The van der Waals surface area contributed by atoms with Crippen molar-refractivity contribution in [3.63, 3.8) is 0 Å². The predicted molar refractivity (Wildman–Crippen MR) is 89.6 cm³/mol. The Morgan fingerprint density at radius 3 is 2.50 bits per heavy atom. The number of halogens is 1. The molecule has 3 nitrogen and oxygen atoms in total. The Hall–Kier alpha value is -2.33. The van der Waals surface area contributed by atoms with Gasteiger partial charge in [0.25, 0.3) is 0 Å². The first-order valence-corrected chi connectivity index (χ1v) is 7.50. The van der Waals surface area contributed by atoms with Gasteiger partial charge >= 0.3 is 5.97 Å². The van der Waals surface area contributed by atoms with Gasteiger partial charge in [0.15, 0.2) is 0 Å². The summed E-state index contributed by atoms with van der Waals surface area (Å²) >= 11 is 3.44. The number of hydrogen-bond donors (Lipinski definition) is 0. The number of hydrogen-bond acceptors (Lipinski definition) is 3. The number of methoxy groups -OCH3 is 1. The Kier molecular flexibility index (Phi) is 4.11. The molecule has 0 saturated carbocycles. The number of esters is 1. The van der Waals surface area contributed by atoms with E-state index >= 15 is 0 Å². The monoisotopic (exact) mass is 356 g/mol. The number of carbonyl (C=O) groups is 1. The van der Waals surface area contributed by atoms with Gasteiger partial charge in [-0.3, -0.25) is 0 Å². The Balaban J connectivity index is 1.85. The maximum atomic E-state index is 12.2. The zero-order valence-corrected chi connectivity index (χ0v) is 13.5. The topological polar surface area (TPSA) is 35.5 Å². The predicted octanol–water partition coefficient (Wildman–Crippen LogP) is 4.83. The van der Waals surface area contributed by atoms with Crippen molar-refractivity contribution in [2.75, 3.05) is 7.11 Å². The Morgan fingerprint density at radius 2 is 1.68 bits per heavy atom. The van der Waals surface area contributed by atoms with E-state index in [0.29, 0.717) is 17.1 Å². The zero-order valence-electron chi connectivity index (χ0n) is 11.9. The Labute approximate surface area is 136 Å². The number of fused-ring (bicyclic) bond motifs is 1. The van der Waals surface area contributed by atoms with Crippen LogP contribution in [0.1, 0.15) is 10.4 Å². The van der Waals surface area contributed by atoms with Crippen LogP contribution in [0.4, 0.5) is 0 Å². The van der Waals surface area contributed by atoms with Crippen molar-refractivity contribution in [3.8, 4) is 11.5 Å². The average Bonchev–Trinajstić information content (AvgIpc) is 2.55. The van der Waals surface area contributed by atoms with Gasteiger partial charge in [0, 0.05) is 4.47 Å². The molecular weight excluding hydrogens is 344 g/mol. The fraction of sp³-hybridized carbons (Fsp3) is 0.0556. The first-order valence-electron chi connectivity index (χ1n) is 6.71. The van der Waals surface area contributed by atoms with Crippen LogP contribution in [0.5, 0.6) is 11.5 Å². The van der Waals surface area contributed by atoms with Crippen LogP contribution in [0.3, 0.4) is 0 Å². The van der Waals surface area contributed by atoms with Crippen LogP contribution in [0.15, 0.2) is 65.1 Å². The van der Waals surface area contributed by atoms with E-state index in [0.717, 1.165) is 15.2 Å². The molecule has 4 heteroatoms. The maximum Gasteiger partial charge on any atom is 0.343 e. The van der Waals surface area contributed by atoms with E-state index in [9.17, 15) is 4.79 Å². The van der Waals surface area contributed by atoms with Gasteiger partial charge in [0.05, 0.1) is 12.7 Å². The lowest BCUT2D eigenvalue weighted by atomic mass is 10.1. The van der Waals surface area contributed by atoms with Crippen molar-refractivity contribution in [1.29, 1.82) is 0 Å². The number of carbonyl (C=O) groups excluding carboxylic acids is 1. The second kappa shape index (κ2) is 6.20.